The van der Waals surface area contributed by atoms with Crippen LogP contribution in [0.1, 0.15) is 40.2 Å². The quantitative estimate of drug-likeness (QED) is 0.740. The van der Waals surface area contributed by atoms with E-state index in [1.54, 1.807) is 0 Å². The minimum absolute atomic E-state index is 0.0981. The molecule has 98 valence electrons. The molecule has 0 radical (unpaired) electrons. The Kier molecular flexibility index (Phi) is 2.80. The van der Waals surface area contributed by atoms with Gasteiger partial charge in [-0.3, -0.25) is 4.79 Å². The summed E-state index contributed by atoms with van der Waals surface area (Å²) in [4.78, 5) is 14.7. The molecule has 0 fully saturated rings. The summed E-state index contributed by atoms with van der Waals surface area (Å²) in [5.41, 5.74) is 1.73. The highest BCUT2D eigenvalue weighted by Gasteiger charge is 2.58. The second kappa shape index (κ2) is 3.84. The average molecular weight is 245 g/mol. The number of benzene rings is 1. The van der Waals surface area contributed by atoms with Gasteiger partial charge in [0.15, 0.2) is 0 Å². The highest BCUT2D eigenvalue weighted by Crippen LogP contribution is 2.55. The zero-order chi connectivity index (χ0) is 13.7. The van der Waals surface area contributed by atoms with Crippen molar-refractivity contribution in [1.82, 2.24) is 0 Å². The van der Waals surface area contributed by atoms with E-state index in [9.17, 15) is 4.79 Å². The van der Waals surface area contributed by atoms with Crippen molar-refractivity contribution >= 4 is 11.6 Å². The van der Waals surface area contributed by atoms with Crippen LogP contribution in [0.15, 0.2) is 24.3 Å². The Labute approximate surface area is 110 Å². The van der Waals surface area contributed by atoms with Gasteiger partial charge in [-0.1, -0.05) is 52.8 Å². The lowest BCUT2D eigenvalue weighted by molar-refractivity contribution is -0.129. The Morgan fingerprint density at radius 2 is 1.72 bits per heavy atom. The van der Waals surface area contributed by atoms with Gasteiger partial charge in [-0.15, -0.1) is 0 Å². The van der Waals surface area contributed by atoms with Crippen LogP contribution in [-0.4, -0.2) is 13.0 Å². The molecule has 0 aliphatic carbocycles. The van der Waals surface area contributed by atoms with Crippen molar-refractivity contribution < 1.29 is 4.79 Å². The minimum atomic E-state index is -0.418. The molecule has 1 aliphatic heterocycles. The van der Waals surface area contributed by atoms with Crippen LogP contribution in [0.2, 0.25) is 0 Å². The van der Waals surface area contributed by atoms with Gasteiger partial charge < -0.3 is 4.90 Å². The number of anilines is 1. The molecule has 0 aromatic heterocycles. The molecular formula is C16H23NO. The van der Waals surface area contributed by atoms with Gasteiger partial charge in [-0.2, -0.15) is 0 Å². The van der Waals surface area contributed by atoms with E-state index in [4.69, 9.17) is 0 Å². The fourth-order valence-corrected chi connectivity index (χ4v) is 3.74. The summed E-state index contributed by atoms with van der Waals surface area (Å²) in [5, 5.41) is 0. The summed E-state index contributed by atoms with van der Waals surface area (Å²) in [6, 6.07) is 8.20. The van der Waals surface area contributed by atoms with E-state index in [0.29, 0.717) is 0 Å². The van der Waals surface area contributed by atoms with Crippen LogP contribution >= 0.6 is 0 Å². The van der Waals surface area contributed by atoms with Crippen LogP contribution in [0.25, 0.3) is 0 Å². The lowest BCUT2D eigenvalue weighted by atomic mass is 9.57. The predicted molar refractivity (Wildman–Crippen MR) is 75.8 cm³/mol. The van der Waals surface area contributed by atoms with E-state index >= 15 is 0 Å². The van der Waals surface area contributed by atoms with Gasteiger partial charge in [0, 0.05) is 12.7 Å². The largest absolute Gasteiger partial charge is 0.314 e. The van der Waals surface area contributed by atoms with Crippen LogP contribution in [0, 0.1) is 11.3 Å². The summed E-state index contributed by atoms with van der Waals surface area (Å²) in [7, 11) is 1.89. The molecule has 0 saturated carbocycles. The molecule has 1 aliphatic rings. The average Bonchev–Trinajstić information content (AvgIpc) is 2.49. The number of hydrogen-bond donors (Lipinski definition) is 0. The van der Waals surface area contributed by atoms with Crippen LogP contribution in [0.3, 0.4) is 0 Å². The Balaban J connectivity index is 2.80. The molecule has 1 amide bonds. The molecular weight excluding hydrogens is 222 g/mol. The van der Waals surface area contributed by atoms with Gasteiger partial charge in [0.05, 0.1) is 5.41 Å². The smallest absolute Gasteiger partial charge is 0.238 e. The molecule has 1 aromatic carbocycles. The molecule has 1 aromatic rings. The van der Waals surface area contributed by atoms with E-state index in [-0.39, 0.29) is 17.2 Å². The SMILES string of the molecule is CC(C)C1(C(C)(C)C)C(=O)N(C)c2ccccc21. The first-order chi connectivity index (χ1) is 8.24. The van der Waals surface area contributed by atoms with Crippen molar-refractivity contribution in [3.8, 4) is 0 Å². The summed E-state index contributed by atoms with van der Waals surface area (Å²) in [6.45, 7) is 10.8. The van der Waals surface area contributed by atoms with Crippen molar-refractivity contribution in [2.45, 2.75) is 40.0 Å². The lowest BCUT2D eigenvalue weighted by Gasteiger charge is -2.44. The first-order valence-corrected chi connectivity index (χ1v) is 6.62. The summed E-state index contributed by atoms with van der Waals surface area (Å²) < 4.78 is 0. The second-order valence-corrected chi connectivity index (χ2v) is 6.59. The number of para-hydroxylation sites is 1. The Hall–Kier alpha value is -1.31. The topological polar surface area (TPSA) is 20.3 Å². The Morgan fingerprint density at radius 3 is 2.22 bits per heavy atom. The maximum atomic E-state index is 12.9. The number of likely N-dealkylation sites (N-methyl/N-ethyl adjacent to an activating group) is 1. The van der Waals surface area contributed by atoms with Gasteiger partial charge in [0.25, 0.3) is 0 Å². The Morgan fingerprint density at radius 1 is 1.17 bits per heavy atom. The van der Waals surface area contributed by atoms with Gasteiger partial charge in [0.2, 0.25) is 5.91 Å². The molecule has 2 heteroatoms. The standard InChI is InChI=1S/C16H23NO/c1-11(2)16(15(3,4)5)12-9-7-8-10-13(12)17(6)14(16)18/h7-11H,1-6H3. The molecule has 0 saturated heterocycles. The summed E-state index contributed by atoms with van der Waals surface area (Å²) in [6.07, 6.45) is 0. The highest BCUT2D eigenvalue weighted by molar-refractivity contribution is 6.08. The van der Waals surface area contributed by atoms with Crippen molar-refractivity contribution in [3.63, 3.8) is 0 Å². The van der Waals surface area contributed by atoms with Crippen molar-refractivity contribution in [1.29, 1.82) is 0 Å². The lowest BCUT2D eigenvalue weighted by Crippen LogP contribution is -2.51. The predicted octanol–water partition coefficient (Wildman–Crippen LogP) is 3.60. The van der Waals surface area contributed by atoms with Crippen LogP contribution < -0.4 is 4.90 Å². The molecule has 18 heavy (non-hydrogen) atoms. The molecule has 0 bridgehead atoms. The molecule has 1 heterocycles. The van der Waals surface area contributed by atoms with Crippen LogP contribution in [0.5, 0.6) is 0 Å². The molecule has 1 unspecified atom stereocenters. The molecule has 1 atom stereocenters. The fraction of sp³-hybridized carbons (Fsp3) is 0.562. The van der Waals surface area contributed by atoms with Crippen molar-refractivity contribution in [2.24, 2.45) is 11.3 Å². The summed E-state index contributed by atoms with van der Waals surface area (Å²) in [5.74, 6) is 0.502. The van der Waals surface area contributed by atoms with E-state index < -0.39 is 5.41 Å². The molecule has 2 rings (SSSR count). The maximum absolute atomic E-state index is 12.9. The van der Waals surface area contributed by atoms with Crippen LogP contribution in [-0.2, 0) is 10.2 Å². The van der Waals surface area contributed by atoms with Gasteiger partial charge in [0.1, 0.15) is 0 Å². The minimum Gasteiger partial charge on any atom is -0.314 e. The number of carbonyl (C=O) groups excluding carboxylic acids is 1. The second-order valence-electron chi connectivity index (χ2n) is 6.59. The molecule has 2 nitrogen and oxygen atoms in total. The number of amides is 1. The molecule has 0 N–H and O–H groups in total. The van der Waals surface area contributed by atoms with Crippen LogP contribution in [0.4, 0.5) is 5.69 Å². The first-order valence-electron chi connectivity index (χ1n) is 6.62. The number of hydrogen-bond acceptors (Lipinski definition) is 1. The number of fused-ring (bicyclic) bond motifs is 1. The number of nitrogens with zero attached hydrogens (tertiary/aromatic N) is 1. The number of rotatable bonds is 1. The third kappa shape index (κ3) is 1.38. The highest BCUT2D eigenvalue weighted by atomic mass is 16.2. The maximum Gasteiger partial charge on any atom is 0.238 e. The zero-order valence-electron chi connectivity index (χ0n) is 12.2. The molecule has 0 spiro atoms. The van der Waals surface area contributed by atoms with E-state index in [2.05, 4.69) is 40.7 Å². The first kappa shape index (κ1) is 13.1. The van der Waals surface area contributed by atoms with Gasteiger partial charge >= 0.3 is 0 Å². The van der Waals surface area contributed by atoms with Crippen molar-refractivity contribution in [2.75, 3.05) is 11.9 Å². The normalized spacial score (nSPS) is 23.7. The van der Waals surface area contributed by atoms with Gasteiger partial charge in [-0.05, 0) is 23.0 Å². The third-order valence-electron chi connectivity index (χ3n) is 4.38. The number of carbonyl (C=O) groups is 1. The van der Waals surface area contributed by atoms with E-state index in [1.807, 2.05) is 30.1 Å². The summed E-state index contributed by atoms with van der Waals surface area (Å²) >= 11 is 0. The van der Waals surface area contributed by atoms with E-state index in [0.717, 1.165) is 5.69 Å². The van der Waals surface area contributed by atoms with Crippen molar-refractivity contribution in [3.05, 3.63) is 29.8 Å². The third-order valence-corrected chi connectivity index (χ3v) is 4.38. The zero-order valence-corrected chi connectivity index (χ0v) is 12.2. The monoisotopic (exact) mass is 245 g/mol. The van der Waals surface area contributed by atoms with Gasteiger partial charge in [-0.25, -0.2) is 0 Å². The fourth-order valence-electron chi connectivity index (χ4n) is 3.74. The van der Waals surface area contributed by atoms with E-state index in [1.165, 1.54) is 5.56 Å². The Bertz CT molecular complexity index is 484.